The second-order valence-corrected chi connectivity index (χ2v) is 10.5. The predicted molar refractivity (Wildman–Crippen MR) is 140 cm³/mol. The summed E-state index contributed by atoms with van der Waals surface area (Å²) in [6.07, 6.45) is 23.5. The Kier molecular flexibility index (Phi) is 18.8. The van der Waals surface area contributed by atoms with Gasteiger partial charge >= 0.3 is 5.97 Å². The van der Waals surface area contributed by atoms with E-state index in [1.807, 2.05) is 18.2 Å². The molecule has 0 aliphatic heterocycles. The van der Waals surface area contributed by atoms with E-state index >= 15 is 0 Å². The van der Waals surface area contributed by atoms with Gasteiger partial charge in [-0.15, -0.1) is 0 Å². The van der Waals surface area contributed by atoms with Gasteiger partial charge in [0.1, 0.15) is 6.61 Å². The van der Waals surface area contributed by atoms with Crippen LogP contribution in [0.15, 0.2) is 27.1 Å². The van der Waals surface area contributed by atoms with Crippen LogP contribution in [0.25, 0.3) is 0 Å². The van der Waals surface area contributed by atoms with Gasteiger partial charge in [-0.2, -0.15) is 0 Å². The van der Waals surface area contributed by atoms with Crippen molar-refractivity contribution < 1.29 is 9.53 Å². The molecule has 0 spiro atoms. The Bertz CT molecular complexity index is 574. The summed E-state index contributed by atoms with van der Waals surface area (Å²) in [5.41, 5.74) is 1.01. The molecule has 0 unspecified atom stereocenters. The minimum atomic E-state index is -0.0833. The van der Waals surface area contributed by atoms with Crippen LogP contribution < -0.4 is 0 Å². The van der Waals surface area contributed by atoms with Crippen LogP contribution in [0.4, 0.5) is 0 Å². The molecule has 4 heteroatoms. The molecular formula is C27H44Br2O2. The first-order chi connectivity index (χ1) is 15.1. The van der Waals surface area contributed by atoms with Gasteiger partial charge in [0.25, 0.3) is 0 Å². The quantitative estimate of drug-likeness (QED) is 0.117. The number of carbonyl (C=O) groups excluding carboxylic acids is 1. The Balaban J connectivity index is 1.81. The maximum Gasteiger partial charge on any atom is 0.306 e. The highest BCUT2D eigenvalue weighted by molar-refractivity contribution is 9.13. The molecule has 0 amide bonds. The van der Waals surface area contributed by atoms with E-state index in [1.165, 1.54) is 96.3 Å². The Morgan fingerprint density at radius 1 is 0.677 bits per heavy atom. The van der Waals surface area contributed by atoms with E-state index in [0.29, 0.717) is 13.0 Å². The van der Waals surface area contributed by atoms with Crippen LogP contribution in [-0.2, 0) is 16.1 Å². The van der Waals surface area contributed by atoms with Crippen molar-refractivity contribution in [1.82, 2.24) is 0 Å². The van der Waals surface area contributed by atoms with Crippen molar-refractivity contribution in [2.45, 2.75) is 129 Å². The molecule has 0 N–H and O–H groups in total. The molecule has 1 rings (SSSR count). The van der Waals surface area contributed by atoms with Gasteiger partial charge in [0.2, 0.25) is 0 Å². The number of hydrogen-bond donors (Lipinski definition) is 0. The van der Waals surface area contributed by atoms with Crippen molar-refractivity contribution in [3.63, 3.8) is 0 Å². The Labute approximate surface area is 208 Å². The number of rotatable bonds is 20. The van der Waals surface area contributed by atoms with Crippen molar-refractivity contribution in [3.05, 3.63) is 32.7 Å². The highest BCUT2D eigenvalue weighted by Gasteiger charge is 2.05. The summed E-state index contributed by atoms with van der Waals surface area (Å²) in [5.74, 6) is -0.0833. The standard InChI is InChI=1S/C27H44Br2O2/c1-2-3-4-5-6-7-8-9-10-11-12-13-14-15-16-17-18-19-27(30)31-23-24-20-21-25(28)26(29)22-24/h20-22H,2-19,23H2,1H3. The molecule has 0 aromatic heterocycles. The molecular weight excluding hydrogens is 516 g/mol. The fraction of sp³-hybridized carbons (Fsp3) is 0.741. The zero-order chi connectivity index (χ0) is 22.6. The summed E-state index contributed by atoms with van der Waals surface area (Å²) < 4.78 is 7.36. The molecule has 0 heterocycles. The molecule has 0 saturated carbocycles. The van der Waals surface area contributed by atoms with Crippen LogP contribution in [0.1, 0.15) is 128 Å². The molecule has 1 aromatic carbocycles. The largest absolute Gasteiger partial charge is 0.461 e. The summed E-state index contributed by atoms with van der Waals surface area (Å²) in [7, 11) is 0. The van der Waals surface area contributed by atoms with Gasteiger partial charge in [-0.3, -0.25) is 4.79 Å². The van der Waals surface area contributed by atoms with Crippen LogP contribution in [0.2, 0.25) is 0 Å². The van der Waals surface area contributed by atoms with Crippen molar-refractivity contribution in [1.29, 1.82) is 0 Å². The lowest BCUT2D eigenvalue weighted by Gasteiger charge is -2.06. The lowest BCUT2D eigenvalue weighted by atomic mass is 10.0. The van der Waals surface area contributed by atoms with Crippen molar-refractivity contribution >= 4 is 37.8 Å². The molecule has 0 aliphatic rings. The Hall–Kier alpha value is -0.350. The summed E-state index contributed by atoms with van der Waals surface area (Å²) in [6.45, 7) is 2.63. The van der Waals surface area contributed by atoms with Crippen molar-refractivity contribution in [3.8, 4) is 0 Å². The lowest BCUT2D eigenvalue weighted by molar-refractivity contribution is -0.145. The first kappa shape index (κ1) is 28.7. The van der Waals surface area contributed by atoms with Crippen molar-refractivity contribution in [2.24, 2.45) is 0 Å². The summed E-state index contributed by atoms with van der Waals surface area (Å²) >= 11 is 6.92. The number of hydrogen-bond acceptors (Lipinski definition) is 2. The molecule has 0 fully saturated rings. The zero-order valence-corrected chi connectivity index (χ0v) is 22.9. The molecule has 0 radical (unpaired) electrons. The molecule has 0 saturated heterocycles. The fourth-order valence-electron chi connectivity index (χ4n) is 3.86. The van der Waals surface area contributed by atoms with E-state index in [9.17, 15) is 4.79 Å². The molecule has 31 heavy (non-hydrogen) atoms. The SMILES string of the molecule is CCCCCCCCCCCCCCCCCCCC(=O)OCc1ccc(Br)c(Br)c1. The van der Waals surface area contributed by atoms with E-state index in [1.54, 1.807) is 0 Å². The van der Waals surface area contributed by atoms with Crippen LogP contribution in [0.5, 0.6) is 0 Å². The number of esters is 1. The average molecular weight is 560 g/mol. The van der Waals surface area contributed by atoms with Crippen molar-refractivity contribution in [2.75, 3.05) is 0 Å². The number of halogens is 2. The molecule has 0 bridgehead atoms. The van der Waals surface area contributed by atoms with Gasteiger partial charge in [0, 0.05) is 15.4 Å². The second kappa shape index (κ2) is 20.3. The van der Waals surface area contributed by atoms with Crippen LogP contribution in [-0.4, -0.2) is 5.97 Å². The van der Waals surface area contributed by atoms with E-state index in [4.69, 9.17) is 4.74 Å². The normalized spacial score (nSPS) is 11.1. The topological polar surface area (TPSA) is 26.3 Å². The van der Waals surface area contributed by atoms with Gasteiger partial charge in [0.15, 0.2) is 0 Å². The first-order valence-corrected chi connectivity index (χ1v) is 14.3. The van der Waals surface area contributed by atoms with Crippen LogP contribution >= 0.6 is 31.9 Å². The van der Waals surface area contributed by atoms with Gasteiger partial charge in [0.05, 0.1) is 0 Å². The maximum absolute atomic E-state index is 11.9. The fourth-order valence-corrected chi connectivity index (χ4v) is 4.53. The first-order valence-electron chi connectivity index (χ1n) is 12.7. The number of carbonyl (C=O) groups is 1. The van der Waals surface area contributed by atoms with Gasteiger partial charge in [-0.05, 0) is 56.0 Å². The Morgan fingerprint density at radius 3 is 1.58 bits per heavy atom. The molecule has 0 atom stereocenters. The number of ether oxygens (including phenoxy) is 1. The van der Waals surface area contributed by atoms with Crippen LogP contribution in [0.3, 0.4) is 0 Å². The van der Waals surface area contributed by atoms with Crippen LogP contribution in [0, 0.1) is 0 Å². The summed E-state index contributed by atoms with van der Waals surface area (Å²) in [5, 5.41) is 0. The molecule has 0 aliphatic carbocycles. The van der Waals surface area contributed by atoms with E-state index in [2.05, 4.69) is 38.8 Å². The predicted octanol–water partition coefficient (Wildman–Crippen LogP) is 10.3. The van der Waals surface area contributed by atoms with E-state index in [-0.39, 0.29) is 5.97 Å². The second-order valence-electron chi connectivity index (χ2n) is 8.82. The third-order valence-electron chi connectivity index (χ3n) is 5.87. The maximum atomic E-state index is 11.9. The number of benzene rings is 1. The number of unbranched alkanes of at least 4 members (excludes halogenated alkanes) is 16. The highest BCUT2D eigenvalue weighted by Crippen LogP contribution is 2.24. The Morgan fingerprint density at radius 2 is 1.13 bits per heavy atom. The summed E-state index contributed by atoms with van der Waals surface area (Å²) in [6, 6.07) is 5.91. The van der Waals surface area contributed by atoms with Gasteiger partial charge < -0.3 is 4.74 Å². The minimum absolute atomic E-state index is 0.0833. The van der Waals surface area contributed by atoms with Gasteiger partial charge in [-0.25, -0.2) is 0 Å². The molecule has 1 aromatic rings. The third kappa shape index (κ3) is 16.9. The van der Waals surface area contributed by atoms with Gasteiger partial charge in [-0.1, -0.05) is 116 Å². The smallest absolute Gasteiger partial charge is 0.306 e. The average Bonchev–Trinajstić information content (AvgIpc) is 2.76. The zero-order valence-electron chi connectivity index (χ0n) is 19.7. The van der Waals surface area contributed by atoms with E-state index < -0.39 is 0 Å². The molecule has 2 nitrogen and oxygen atoms in total. The monoisotopic (exact) mass is 558 g/mol. The van der Waals surface area contributed by atoms with E-state index in [0.717, 1.165) is 27.4 Å². The highest BCUT2D eigenvalue weighted by atomic mass is 79.9. The lowest BCUT2D eigenvalue weighted by Crippen LogP contribution is -2.04. The molecule has 178 valence electrons. The minimum Gasteiger partial charge on any atom is -0.461 e. The third-order valence-corrected chi connectivity index (χ3v) is 7.75. The summed E-state index contributed by atoms with van der Waals surface area (Å²) in [4.78, 5) is 11.9.